The number of aromatic nitrogens is 3. The molecular formula is C26H27ClN6OS. The molecule has 4 N–H and O–H groups in total. The van der Waals surface area contributed by atoms with Crippen LogP contribution in [-0.4, -0.2) is 27.6 Å². The van der Waals surface area contributed by atoms with Crippen molar-refractivity contribution >= 4 is 35.1 Å². The molecule has 5 rings (SSSR count). The van der Waals surface area contributed by atoms with E-state index in [2.05, 4.69) is 44.9 Å². The van der Waals surface area contributed by atoms with Crippen LogP contribution in [0.5, 0.6) is 0 Å². The van der Waals surface area contributed by atoms with E-state index < -0.39 is 0 Å². The zero-order valence-electron chi connectivity index (χ0n) is 19.7. The molecule has 0 amide bonds. The second-order valence-corrected chi connectivity index (χ2v) is 10.7. The third-order valence-corrected chi connectivity index (χ3v) is 8.78. The Morgan fingerprint density at radius 3 is 2.71 bits per heavy atom. The van der Waals surface area contributed by atoms with Gasteiger partial charge in [-0.05, 0) is 60.9 Å². The number of benzene rings is 1. The molecule has 0 bridgehead atoms. The molecule has 1 atom stereocenters. The average molecular weight is 507 g/mol. The number of halogens is 1. The summed E-state index contributed by atoms with van der Waals surface area (Å²) in [4.78, 5) is 25.1. The van der Waals surface area contributed by atoms with Crippen LogP contribution in [0.15, 0.2) is 51.2 Å². The lowest BCUT2D eigenvalue weighted by Gasteiger charge is -2.42. The molecule has 1 aliphatic heterocycles. The molecule has 1 saturated heterocycles. The molecule has 1 spiro atoms. The number of rotatable bonds is 3. The highest BCUT2D eigenvalue weighted by Gasteiger charge is 2.46. The first-order valence-electron chi connectivity index (χ1n) is 11.5. The fraction of sp³-hybridized carbons (Fsp3) is 0.346. The van der Waals surface area contributed by atoms with Gasteiger partial charge in [0, 0.05) is 42.8 Å². The van der Waals surface area contributed by atoms with Crippen LogP contribution in [0.1, 0.15) is 42.5 Å². The maximum Gasteiger partial charge on any atom is 0.268 e. The molecular weight excluding hydrogens is 480 g/mol. The molecule has 3 aromatic rings. The van der Waals surface area contributed by atoms with E-state index in [-0.39, 0.29) is 22.8 Å². The number of hydrogen-bond donors (Lipinski definition) is 2. The van der Waals surface area contributed by atoms with E-state index >= 15 is 0 Å². The minimum atomic E-state index is -0.124. The van der Waals surface area contributed by atoms with Crippen molar-refractivity contribution in [2.24, 2.45) is 18.2 Å². The zero-order valence-corrected chi connectivity index (χ0v) is 21.3. The normalized spacial score (nSPS) is 18.3. The van der Waals surface area contributed by atoms with E-state index in [0.29, 0.717) is 20.8 Å². The summed E-state index contributed by atoms with van der Waals surface area (Å²) in [6.07, 6.45) is 6.05. The van der Waals surface area contributed by atoms with Crippen LogP contribution < -0.4 is 21.9 Å². The summed E-state index contributed by atoms with van der Waals surface area (Å²) in [5.74, 6) is 7.01. The van der Waals surface area contributed by atoms with Gasteiger partial charge in [-0.25, -0.2) is 9.97 Å². The van der Waals surface area contributed by atoms with Crippen molar-refractivity contribution < 1.29 is 0 Å². The average Bonchev–Trinajstić information content (AvgIpc) is 3.12. The van der Waals surface area contributed by atoms with E-state index in [1.807, 2.05) is 6.92 Å². The number of fused-ring (bicyclic) bond motifs is 1. The Hall–Kier alpha value is -2.99. The van der Waals surface area contributed by atoms with Crippen molar-refractivity contribution in [3.05, 3.63) is 68.7 Å². The zero-order chi connectivity index (χ0) is 24.7. The van der Waals surface area contributed by atoms with Gasteiger partial charge in [0.25, 0.3) is 5.56 Å². The summed E-state index contributed by atoms with van der Waals surface area (Å²) in [5, 5.41) is 0.340. The Morgan fingerprint density at radius 1 is 1.20 bits per heavy atom. The number of nitrogens with zero attached hydrogens (tertiary/aromatic N) is 4. The van der Waals surface area contributed by atoms with E-state index in [9.17, 15) is 4.79 Å². The molecule has 2 aliphatic rings. The molecule has 1 aliphatic carbocycles. The first kappa shape index (κ1) is 23.7. The lowest BCUT2D eigenvalue weighted by molar-refractivity contribution is 0.186. The Morgan fingerprint density at radius 2 is 1.97 bits per heavy atom. The van der Waals surface area contributed by atoms with Crippen molar-refractivity contribution in [3.8, 4) is 11.8 Å². The maximum atomic E-state index is 13.1. The minimum Gasteiger partial charge on any atom is -0.382 e. The van der Waals surface area contributed by atoms with Crippen molar-refractivity contribution in [1.29, 1.82) is 0 Å². The quantitative estimate of drug-likeness (QED) is 0.521. The third-order valence-electron chi connectivity index (χ3n) is 7.21. The lowest BCUT2D eigenvalue weighted by Crippen LogP contribution is -2.46. The van der Waals surface area contributed by atoms with Gasteiger partial charge in [0.05, 0.1) is 16.1 Å². The highest BCUT2D eigenvalue weighted by Crippen LogP contribution is 2.51. The second kappa shape index (κ2) is 9.23. The topological polar surface area (TPSA) is 103 Å². The molecule has 0 radical (unpaired) electrons. The van der Waals surface area contributed by atoms with Gasteiger partial charge in [0.2, 0.25) is 5.95 Å². The first-order valence-corrected chi connectivity index (χ1v) is 12.7. The molecule has 35 heavy (non-hydrogen) atoms. The van der Waals surface area contributed by atoms with Crippen LogP contribution in [-0.2, 0) is 13.5 Å². The van der Waals surface area contributed by atoms with Gasteiger partial charge in [-0.15, -0.1) is 5.92 Å². The summed E-state index contributed by atoms with van der Waals surface area (Å²) >= 11 is 7.50. The number of piperidine rings is 1. The fourth-order valence-corrected chi connectivity index (χ4v) is 6.36. The Bertz CT molecular complexity index is 1420. The van der Waals surface area contributed by atoms with Crippen molar-refractivity contribution in [2.45, 2.75) is 42.0 Å². The number of nitrogen functional groups attached to an aromatic ring is 1. The van der Waals surface area contributed by atoms with Gasteiger partial charge >= 0.3 is 0 Å². The summed E-state index contributed by atoms with van der Waals surface area (Å²) in [6, 6.07) is 8.15. The highest BCUT2D eigenvalue weighted by molar-refractivity contribution is 7.99. The smallest absolute Gasteiger partial charge is 0.268 e. The molecule has 1 fully saturated rings. The number of nitrogens with two attached hydrogens (primary N) is 2. The number of pyridine rings is 1. The lowest BCUT2D eigenvalue weighted by atomic mass is 9.73. The summed E-state index contributed by atoms with van der Waals surface area (Å²) in [7, 11) is 1.76. The van der Waals surface area contributed by atoms with Crippen molar-refractivity contribution in [1.82, 2.24) is 14.5 Å². The molecule has 7 nitrogen and oxygen atoms in total. The SMILES string of the molecule is CC#Cc1ccc2c(c1)[C@@H](N)C1(CCN(c3ncc(Sc4ccnc(N)c4Cl)c(=O)n3C)CC1)C2. The van der Waals surface area contributed by atoms with Crippen LogP contribution in [0.3, 0.4) is 0 Å². The molecule has 1 aromatic carbocycles. The third kappa shape index (κ3) is 4.18. The van der Waals surface area contributed by atoms with Crippen LogP contribution >= 0.6 is 23.4 Å². The fourth-order valence-electron chi connectivity index (χ4n) is 5.24. The largest absolute Gasteiger partial charge is 0.382 e. The van der Waals surface area contributed by atoms with E-state index in [1.54, 1.807) is 30.1 Å². The van der Waals surface area contributed by atoms with Crippen LogP contribution in [0.25, 0.3) is 0 Å². The van der Waals surface area contributed by atoms with E-state index in [1.165, 1.54) is 22.9 Å². The standard InChI is InChI=1S/C26H27ClN6OS/c1-3-4-16-5-6-17-14-26(22(28)18(17)13-16)8-11-33(12-9-26)25-31-15-20(24(34)32(25)2)35-19-7-10-30-23(29)21(19)27/h5-7,10,13,15,22H,8-9,11-12,14,28H2,1-2H3,(H2,29,30)/t22-/m1/s1. The Labute approximate surface area is 213 Å². The minimum absolute atomic E-state index is 0.00800. The van der Waals surface area contributed by atoms with Crippen LogP contribution in [0.4, 0.5) is 11.8 Å². The summed E-state index contributed by atoms with van der Waals surface area (Å²) in [5.41, 5.74) is 16.1. The number of anilines is 2. The molecule has 0 unspecified atom stereocenters. The predicted molar refractivity (Wildman–Crippen MR) is 141 cm³/mol. The predicted octanol–water partition coefficient (Wildman–Crippen LogP) is 3.78. The van der Waals surface area contributed by atoms with Crippen LogP contribution in [0, 0.1) is 17.3 Å². The molecule has 2 aromatic heterocycles. The molecule has 9 heteroatoms. The first-order chi connectivity index (χ1) is 16.8. The van der Waals surface area contributed by atoms with E-state index in [4.69, 9.17) is 23.1 Å². The second-order valence-electron chi connectivity index (χ2n) is 9.19. The Kier molecular flexibility index (Phi) is 6.26. The summed E-state index contributed by atoms with van der Waals surface area (Å²) < 4.78 is 1.61. The van der Waals surface area contributed by atoms with E-state index in [0.717, 1.165) is 37.9 Å². The van der Waals surface area contributed by atoms with Gasteiger partial charge < -0.3 is 16.4 Å². The van der Waals surface area contributed by atoms with Gasteiger partial charge in [-0.2, -0.15) is 0 Å². The van der Waals surface area contributed by atoms with Gasteiger partial charge in [-0.3, -0.25) is 9.36 Å². The molecule has 180 valence electrons. The molecule has 0 saturated carbocycles. The van der Waals surface area contributed by atoms with Crippen molar-refractivity contribution in [2.75, 3.05) is 23.7 Å². The highest BCUT2D eigenvalue weighted by atomic mass is 35.5. The number of hydrogen-bond acceptors (Lipinski definition) is 7. The monoisotopic (exact) mass is 506 g/mol. The maximum absolute atomic E-state index is 13.1. The van der Waals surface area contributed by atoms with Crippen LogP contribution in [0.2, 0.25) is 5.02 Å². The van der Waals surface area contributed by atoms with Gasteiger partial charge in [0.1, 0.15) is 5.82 Å². The van der Waals surface area contributed by atoms with Gasteiger partial charge in [-0.1, -0.05) is 35.3 Å². The van der Waals surface area contributed by atoms with Crippen molar-refractivity contribution in [3.63, 3.8) is 0 Å². The molecule has 3 heterocycles. The Balaban J connectivity index is 1.33. The van der Waals surface area contributed by atoms with Gasteiger partial charge in [0.15, 0.2) is 0 Å². The summed E-state index contributed by atoms with van der Waals surface area (Å²) in [6.45, 7) is 3.44.